The van der Waals surface area contributed by atoms with Crippen molar-refractivity contribution in [3.63, 3.8) is 0 Å². The van der Waals surface area contributed by atoms with Crippen LogP contribution in [0.4, 0.5) is 0 Å². The third kappa shape index (κ3) is 3.74. The lowest BCUT2D eigenvalue weighted by Gasteiger charge is -2.36. The second-order valence-corrected chi connectivity index (χ2v) is 6.15. The Morgan fingerprint density at radius 3 is 2.53 bits per heavy atom. The molecule has 1 heterocycles. The lowest BCUT2D eigenvalue weighted by Crippen LogP contribution is -2.53. The van der Waals surface area contributed by atoms with Gasteiger partial charge in [0.25, 0.3) is 5.91 Å². The van der Waals surface area contributed by atoms with E-state index in [1.54, 1.807) is 11.8 Å². The lowest BCUT2D eigenvalue weighted by molar-refractivity contribution is 0.0442. The maximum Gasteiger partial charge on any atom is 0.251 e. The highest BCUT2D eigenvalue weighted by Gasteiger charge is 2.33. The molecule has 1 aromatic carbocycles. The van der Waals surface area contributed by atoms with Gasteiger partial charge in [-0.25, -0.2) is 0 Å². The molecule has 0 aromatic heterocycles. The topological polar surface area (TPSA) is 38.3 Å². The Labute approximate surface area is 126 Å². The summed E-state index contributed by atoms with van der Waals surface area (Å²) in [7, 11) is 0. The Kier molecular flexibility index (Phi) is 5.30. The van der Waals surface area contributed by atoms with Gasteiger partial charge in [0.05, 0.1) is 5.54 Å². The zero-order valence-electron chi connectivity index (χ0n) is 10.9. The number of benzene rings is 1. The average Bonchev–Trinajstić information content (AvgIpc) is 2.48. The Balaban J connectivity index is 2.06. The number of carbonyl (C=O) groups excluding carboxylic acids is 1. The minimum Gasteiger partial charge on any atom is -0.381 e. The SMILES string of the molecule is CSc1ccc(C(=O)NC2(CBr)CCOCC2)cc1. The molecule has 0 atom stereocenters. The van der Waals surface area contributed by atoms with Crippen molar-refractivity contribution in [2.75, 3.05) is 24.8 Å². The van der Waals surface area contributed by atoms with Crippen LogP contribution in [0.5, 0.6) is 0 Å². The number of ether oxygens (including phenoxy) is 1. The molecule has 0 saturated carbocycles. The van der Waals surface area contributed by atoms with Crippen molar-refractivity contribution in [1.82, 2.24) is 5.32 Å². The fraction of sp³-hybridized carbons (Fsp3) is 0.500. The highest BCUT2D eigenvalue weighted by molar-refractivity contribution is 9.09. The zero-order valence-corrected chi connectivity index (χ0v) is 13.4. The molecule has 2 rings (SSSR count). The van der Waals surface area contributed by atoms with E-state index in [-0.39, 0.29) is 11.4 Å². The molecule has 104 valence electrons. The van der Waals surface area contributed by atoms with Gasteiger partial charge in [0, 0.05) is 29.0 Å². The van der Waals surface area contributed by atoms with Crippen LogP contribution < -0.4 is 5.32 Å². The van der Waals surface area contributed by atoms with E-state index in [4.69, 9.17) is 4.74 Å². The van der Waals surface area contributed by atoms with E-state index in [1.165, 1.54) is 0 Å². The molecule has 1 aliphatic heterocycles. The third-order valence-electron chi connectivity index (χ3n) is 3.44. The predicted octanol–water partition coefficient (Wildman–Crippen LogP) is 3.08. The van der Waals surface area contributed by atoms with Gasteiger partial charge in [-0.1, -0.05) is 15.9 Å². The fourth-order valence-electron chi connectivity index (χ4n) is 2.11. The number of thioether (sulfide) groups is 1. The van der Waals surface area contributed by atoms with Crippen LogP contribution in [0.25, 0.3) is 0 Å². The lowest BCUT2D eigenvalue weighted by atomic mass is 9.92. The van der Waals surface area contributed by atoms with E-state index in [0.29, 0.717) is 18.8 Å². The monoisotopic (exact) mass is 343 g/mol. The molecule has 1 saturated heterocycles. The molecule has 1 amide bonds. The second-order valence-electron chi connectivity index (χ2n) is 4.71. The minimum atomic E-state index is -0.173. The van der Waals surface area contributed by atoms with E-state index in [1.807, 2.05) is 30.5 Å². The first-order chi connectivity index (χ1) is 9.19. The number of alkyl halides is 1. The van der Waals surface area contributed by atoms with Crippen LogP contribution in [0.1, 0.15) is 23.2 Å². The van der Waals surface area contributed by atoms with E-state index in [9.17, 15) is 4.79 Å². The maximum atomic E-state index is 12.3. The molecule has 0 radical (unpaired) electrons. The standard InChI is InChI=1S/C14H18BrNO2S/c1-19-12-4-2-11(3-5-12)13(17)16-14(10-15)6-8-18-9-7-14/h2-5H,6-10H2,1H3,(H,16,17). The van der Waals surface area contributed by atoms with E-state index < -0.39 is 0 Å². The first-order valence-corrected chi connectivity index (χ1v) is 8.64. The van der Waals surface area contributed by atoms with Crippen LogP contribution >= 0.6 is 27.7 Å². The Morgan fingerprint density at radius 1 is 1.37 bits per heavy atom. The largest absolute Gasteiger partial charge is 0.381 e. The minimum absolute atomic E-state index is 0.00555. The summed E-state index contributed by atoms with van der Waals surface area (Å²) in [5.74, 6) is -0.00555. The van der Waals surface area contributed by atoms with Crippen molar-refractivity contribution in [1.29, 1.82) is 0 Å². The Hall–Kier alpha value is -0.520. The van der Waals surface area contributed by atoms with Gasteiger partial charge in [-0.2, -0.15) is 0 Å². The van der Waals surface area contributed by atoms with Gasteiger partial charge < -0.3 is 10.1 Å². The summed E-state index contributed by atoms with van der Waals surface area (Å²) in [5, 5.41) is 3.93. The van der Waals surface area contributed by atoms with Crippen molar-refractivity contribution < 1.29 is 9.53 Å². The molecule has 1 N–H and O–H groups in total. The molecule has 3 nitrogen and oxygen atoms in total. The molecule has 1 fully saturated rings. The van der Waals surface area contributed by atoms with Crippen LogP contribution in [0.2, 0.25) is 0 Å². The first kappa shape index (κ1) is 14.9. The molecular formula is C14H18BrNO2S. The molecule has 1 aliphatic rings. The van der Waals surface area contributed by atoms with Crippen molar-refractivity contribution >= 4 is 33.6 Å². The van der Waals surface area contributed by atoms with Gasteiger partial charge in [0.2, 0.25) is 0 Å². The molecular weight excluding hydrogens is 326 g/mol. The van der Waals surface area contributed by atoms with Gasteiger partial charge in [-0.15, -0.1) is 11.8 Å². The predicted molar refractivity (Wildman–Crippen MR) is 82.3 cm³/mol. The number of rotatable bonds is 4. The quantitative estimate of drug-likeness (QED) is 0.674. The summed E-state index contributed by atoms with van der Waals surface area (Å²) < 4.78 is 5.37. The summed E-state index contributed by atoms with van der Waals surface area (Å²) in [5.41, 5.74) is 0.540. The number of halogens is 1. The maximum absolute atomic E-state index is 12.3. The summed E-state index contributed by atoms with van der Waals surface area (Å²) in [6.45, 7) is 1.41. The summed E-state index contributed by atoms with van der Waals surface area (Å²) in [6, 6.07) is 7.71. The van der Waals surface area contributed by atoms with Crippen LogP contribution in [0.3, 0.4) is 0 Å². The number of amides is 1. The van der Waals surface area contributed by atoms with E-state index in [2.05, 4.69) is 21.2 Å². The number of nitrogens with one attached hydrogen (secondary N) is 1. The van der Waals surface area contributed by atoms with Crippen molar-refractivity contribution in [3.05, 3.63) is 29.8 Å². The van der Waals surface area contributed by atoms with Crippen LogP contribution in [0.15, 0.2) is 29.2 Å². The highest BCUT2D eigenvalue weighted by atomic mass is 79.9. The molecule has 19 heavy (non-hydrogen) atoms. The summed E-state index contributed by atoms with van der Waals surface area (Å²) in [4.78, 5) is 13.5. The number of hydrogen-bond acceptors (Lipinski definition) is 3. The van der Waals surface area contributed by atoms with E-state index in [0.717, 1.165) is 23.1 Å². The summed E-state index contributed by atoms with van der Waals surface area (Å²) >= 11 is 5.19. The van der Waals surface area contributed by atoms with Crippen LogP contribution in [-0.2, 0) is 4.74 Å². The van der Waals surface area contributed by atoms with Crippen molar-refractivity contribution in [2.45, 2.75) is 23.3 Å². The molecule has 0 bridgehead atoms. The van der Waals surface area contributed by atoms with Gasteiger partial charge in [0.1, 0.15) is 0 Å². The van der Waals surface area contributed by atoms with Gasteiger partial charge in [-0.3, -0.25) is 4.79 Å². The molecule has 0 unspecified atom stereocenters. The van der Waals surface area contributed by atoms with Gasteiger partial charge >= 0.3 is 0 Å². The second kappa shape index (κ2) is 6.77. The fourth-order valence-corrected chi connectivity index (χ4v) is 3.22. The zero-order chi connectivity index (χ0) is 13.7. The number of hydrogen-bond donors (Lipinski definition) is 1. The number of carbonyl (C=O) groups is 1. The molecule has 5 heteroatoms. The molecule has 0 spiro atoms. The molecule has 0 aliphatic carbocycles. The Bertz CT molecular complexity index is 430. The van der Waals surface area contributed by atoms with Gasteiger partial charge in [0.15, 0.2) is 0 Å². The van der Waals surface area contributed by atoms with Gasteiger partial charge in [-0.05, 0) is 43.4 Å². The van der Waals surface area contributed by atoms with E-state index >= 15 is 0 Å². The van der Waals surface area contributed by atoms with Crippen LogP contribution in [0, 0.1) is 0 Å². The first-order valence-electron chi connectivity index (χ1n) is 6.29. The van der Waals surface area contributed by atoms with Crippen molar-refractivity contribution in [2.24, 2.45) is 0 Å². The highest BCUT2D eigenvalue weighted by Crippen LogP contribution is 2.24. The smallest absolute Gasteiger partial charge is 0.251 e. The summed E-state index contributed by atoms with van der Waals surface area (Å²) in [6.07, 6.45) is 3.73. The third-order valence-corrected chi connectivity index (χ3v) is 5.25. The van der Waals surface area contributed by atoms with Crippen LogP contribution in [-0.4, -0.2) is 36.2 Å². The normalized spacial score (nSPS) is 18.0. The average molecular weight is 344 g/mol. The van der Waals surface area contributed by atoms with Crippen molar-refractivity contribution in [3.8, 4) is 0 Å². The molecule has 1 aromatic rings. The Morgan fingerprint density at radius 2 is 2.00 bits per heavy atom.